The second kappa shape index (κ2) is 6.81. The van der Waals surface area contributed by atoms with Crippen molar-refractivity contribution in [2.24, 2.45) is 5.92 Å². The summed E-state index contributed by atoms with van der Waals surface area (Å²) in [5.74, 6) is -3.93. The first kappa shape index (κ1) is 20.1. The summed E-state index contributed by atoms with van der Waals surface area (Å²) in [5, 5.41) is 12.2. The van der Waals surface area contributed by atoms with Crippen LogP contribution in [-0.2, 0) is 28.4 Å². The van der Waals surface area contributed by atoms with Crippen molar-refractivity contribution in [3.8, 4) is 0 Å². The van der Waals surface area contributed by atoms with E-state index >= 15 is 0 Å². The van der Waals surface area contributed by atoms with Gasteiger partial charge in [0.05, 0.1) is 18.0 Å². The van der Waals surface area contributed by atoms with Crippen molar-refractivity contribution in [2.75, 3.05) is 0 Å². The fraction of sp³-hybridized carbons (Fsp3) is 0.818. The summed E-state index contributed by atoms with van der Waals surface area (Å²) < 4.78 is 85.6. The zero-order valence-corrected chi connectivity index (χ0v) is 12.7. The Kier molecular flexibility index (Phi) is 5.47. The normalized spacial score (nSPS) is 27.2. The molecule has 0 aromatic rings. The molecular weight excluding hydrogens is 390 g/mol. The van der Waals surface area contributed by atoms with Gasteiger partial charge in [0.1, 0.15) is 12.2 Å². The topological polar surface area (TPSA) is 94.1 Å². The number of esters is 2. The minimum atomic E-state index is -6.23. The van der Waals surface area contributed by atoms with E-state index < -0.39 is 59.2 Å². The molecule has 25 heavy (non-hydrogen) atoms. The maximum atomic E-state index is 13.1. The van der Waals surface area contributed by atoms with Gasteiger partial charge in [-0.1, -0.05) is 0 Å². The molecule has 3 unspecified atom stereocenters. The van der Waals surface area contributed by atoms with Gasteiger partial charge in [-0.25, -0.2) is 4.79 Å². The second-order valence-electron chi connectivity index (χ2n) is 5.33. The third-order valence-electron chi connectivity index (χ3n) is 3.86. The molecule has 1 aliphatic heterocycles. The molecule has 0 N–H and O–H groups in total. The molecule has 0 amide bonds. The Labute approximate surface area is 139 Å². The summed E-state index contributed by atoms with van der Waals surface area (Å²) in [7, 11) is 0. The first-order chi connectivity index (χ1) is 11.4. The smallest absolute Gasteiger partial charge is 0.425 e. The molecule has 0 aromatic carbocycles. The Hall–Kier alpha value is -1.25. The van der Waals surface area contributed by atoms with Crippen molar-refractivity contribution in [3.63, 3.8) is 0 Å². The highest BCUT2D eigenvalue weighted by atomic mass is 32.2. The first-order valence-corrected chi connectivity index (χ1v) is 7.37. The molecule has 3 atom stereocenters. The predicted octanol–water partition coefficient (Wildman–Crippen LogP) is 1.36. The van der Waals surface area contributed by atoms with Gasteiger partial charge in [0.25, 0.3) is 0 Å². The molecule has 1 heterocycles. The minimum Gasteiger partial charge on any atom is -0.691 e. The summed E-state index contributed by atoms with van der Waals surface area (Å²) in [4.78, 5) is 23.2. The van der Waals surface area contributed by atoms with Crippen LogP contribution in [-0.4, -0.2) is 41.2 Å². The van der Waals surface area contributed by atoms with Crippen LogP contribution >= 0.6 is 12.0 Å². The van der Waals surface area contributed by atoms with Crippen LogP contribution in [0.15, 0.2) is 0 Å². The summed E-state index contributed by atoms with van der Waals surface area (Å²) in [6.07, 6.45) is -15.1. The number of ether oxygens (including phenoxy) is 2. The number of fused-ring (bicyclic) bond motifs is 2. The van der Waals surface area contributed by atoms with Crippen molar-refractivity contribution in [2.45, 2.75) is 48.6 Å². The molecule has 0 radical (unpaired) electrons. The molecule has 1 saturated carbocycles. The van der Waals surface area contributed by atoms with Crippen molar-refractivity contribution in [1.82, 2.24) is 0 Å². The highest BCUT2D eigenvalue weighted by molar-refractivity contribution is 7.96. The van der Waals surface area contributed by atoms with Crippen LogP contribution < -0.4 is 5.26 Å². The van der Waals surface area contributed by atoms with Gasteiger partial charge in [0.15, 0.2) is 0 Å². The van der Waals surface area contributed by atoms with Crippen LogP contribution in [0.1, 0.15) is 19.3 Å². The second-order valence-corrected chi connectivity index (χ2v) is 6.24. The van der Waals surface area contributed by atoms with E-state index in [0.717, 1.165) is 0 Å². The Morgan fingerprint density at radius 3 is 2.28 bits per heavy atom. The largest absolute Gasteiger partial charge is 0.691 e. The molecule has 7 nitrogen and oxygen atoms in total. The van der Waals surface area contributed by atoms with Gasteiger partial charge < -0.3 is 14.7 Å². The van der Waals surface area contributed by atoms with Gasteiger partial charge >= 0.3 is 29.0 Å². The number of carbonyl (C=O) groups excluding carboxylic acids is 2. The first-order valence-electron chi connectivity index (χ1n) is 6.63. The summed E-state index contributed by atoms with van der Waals surface area (Å²) in [6, 6.07) is 0. The van der Waals surface area contributed by atoms with Gasteiger partial charge in [0.2, 0.25) is 0 Å². The van der Waals surface area contributed by atoms with E-state index in [1.165, 1.54) is 0 Å². The Morgan fingerprint density at radius 1 is 1.16 bits per heavy atom. The lowest BCUT2D eigenvalue weighted by atomic mass is 9.88. The molecule has 1 aliphatic carbocycles. The number of rotatable bonds is 5. The number of hydrogen-bond donors (Lipinski definition) is 0. The lowest BCUT2D eigenvalue weighted by molar-refractivity contribution is -0.777. The lowest BCUT2D eigenvalue weighted by Gasteiger charge is -2.35. The quantitative estimate of drug-likeness (QED) is 0.225. The Balaban J connectivity index is 2.27. The summed E-state index contributed by atoms with van der Waals surface area (Å²) in [5.41, 5.74) is 0. The maximum absolute atomic E-state index is 13.1. The van der Waals surface area contributed by atoms with Gasteiger partial charge in [-0.05, 0) is 12.8 Å². The molecule has 1 saturated heterocycles. The number of halogens is 6. The zero-order valence-electron chi connectivity index (χ0n) is 11.9. The molecule has 0 spiro atoms. The molecule has 0 aromatic heterocycles. The third kappa shape index (κ3) is 3.52. The van der Waals surface area contributed by atoms with Gasteiger partial charge in [-0.15, -0.1) is 0 Å². The Morgan fingerprint density at radius 2 is 1.76 bits per heavy atom. The summed E-state index contributed by atoms with van der Waals surface area (Å²) >= 11 is -1.57. The van der Waals surface area contributed by atoms with Crippen LogP contribution in [0.25, 0.3) is 0 Å². The summed E-state index contributed by atoms with van der Waals surface area (Å²) in [6.45, 7) is 0. The van der Waals surface area contributed by atoms with Crippen LogP contribution in [0.2, 0.25) is 0 Å². The van der Waals surface area contributed by atoms with Crippen molar-refractivity contribution < 1.29 is 60.0 Å². The fourth-order valence-corrected chi connectivity index (χ4v) is 3.06. The minimum absolute atomic E-state index is 0.0229. The molecule has 2 fully saturated rings. The van der Waals surface area contributed by atoms with E-state index in [2.05, 4.69) is 14.1 Å². The van der Waals surface area contributed by atoms with E-state index in [0.29, 0.717) is 0 Å². The predicted molar refractivity (Wildman–Crippen MR) is 61.7 cm³/mol. The number of hydrogen-bond acceptors (Lipinski definition) is 8. The van der Waals surface area contributed by atoms with Crippen LogP contribution in [0.3, 0.4) is 0 Å². The Bertz CT molecular complexity index is 522. The number of carbonyl (C=O) groups is 2. The zero-order chi connectivity index (χ0) is 19.0. The molecule has 144 valence electrons. The molecule has 14 heteroatoms. The van der Waals surface area contributed by atoms with Gasteiger partial charge in [-0.2, -0.15) is 30.7 Å². The van der Waals surface area contributed by atoms with Crippen LogP contribution in [0, 0.1) is 5.92 Å². The fourth-order valence-electron chi connectivity index (χ4n) is 2.63. The highest BCUT2D eigenvalue weighted by Crippen LogP contribution is 2.53. The third-order valence-corrected chi connectivity index (χ3v) is 4.87. The lowest BCUT2D eigenvalue weighted by Crippen LogP contribution is -2.61. The van der Waals surface area contributed by atoms with Gasteiger partial charge in [-0.3, -0.25) is 9.83 Å². The van der Waals surface area contributed by atoms with E-state index in [1.54, 1.807) is 0 Å². The van der Waals surface area contributed by atoms with E-state index in [-0.39, 0.29) is 19.3 Å². The van der Waals surface area contributed by atoms with Gasteiger partial charge in [0, 0.05) is 6.42 Å². The molecule has 2 bridgehead atoms. The monoisotopic (exact) mass is 399 g/mol. The SMILES string of the molecule is O=C1OC2CC1CCC2OC(=O)C(SOO[O-])(C(F)(F)F)C(F)(F)F. The standard InChI is InChI=1S/C11H10F6O7S/c12-10(13,14)9(11(15,16)17,25-24-23-20)8(19)22-5-2-1-4-3-6(5)21-7(4)18/h4-6,20H,1-3H2/p-1. The molecule has 2 rings (SSSR count). The van der Waals surface area contributed by atoms with E-state index in [1.807, 2.05) is 0 Å². The average Bonchev–Trinajstić information content (AvgIpc) is 2.76. The van der Waals surface area contributed by atoms with E-state index in [4.69, 9.17) is 4.74 Å². The maximum Gasteiger partial charge on any atom is 0.425 e. The van der Waals surface area contributed by atoms with Crippen molar-refractivity contribution in [3.05, 3.63) is 0 Å². The number of alkyl halides is 6. The molecular formula is C11H9F6O7S-. The van der Waals surface area contributed by atoms with E-state index in [9.17, 15) is 41.2 Å². The molecule has 2 aliphatic rings. The van der Waals surface area contributed by atoms with Crippen molar-refractivity contribution in [1.29, 1.82) is 0 Å². The average molecular weight is 399 g/mol. The van der Waals surface area contributed by atoms with Crippen LogP contribution in [0.5, 0.6) is 0 Å². The highest BCUT2D eigenvalue weighted by Gasteiger charge is 2.79. The van der Waals surface area contributed by atoms with Crippen LogP contribution in [0.4, 0.5) is 26.3 Å². The van der Waals surface area contributed by atoms with Crippen molar-refractivity contribution >= 4 is 24.0 Å².